The standard InChI is InChI=1S/C16H16BrNO3/c17-15-8-4-7-13(11-15)9-10-21-18-16(19)20-12-14-5-2-1-3-6-14/h1-8,11H,9-10,12H2,(H,18,19). The lowest BCUT2D eigenvalue weighted by Gasteiger charge is -2.07. The topological polar surface area (TPSA) is 47.6 Å². The van der Waals surface area contributed by atoms with Crippen LogP contribution in [0.3, 0.4) is 0 Å². The zero-order valence-electron chi connectivity index (χ0n) is 11.4. The van der Waals surface area contributed by atoms with Gasteiger partial charge in [-0.2, -0.15) is 5.48 Å². The number of hydrogen-bond acceptors (Lipinski definition) is 3. The Kier molecular flexibility index (Phi) is 6.24. The molecule has 0 aromatic heterocycles. The molecule has 0 atom stereocenters. The van der Waals surface area contributed by atoms with E-state index in [1.807, 2.05) is 54.6 Å². The van der Waals surface area contributed by atoms with Crippen LogP contribution in [0.4, 0.5) is 4.79 Å². The second-order valence-electron chi connectivity index (χ2n) is 4.39. The summed E-state index contributed by atoms with van der Waals surface area (Å²) < 4.78 is 6.04. The van der Waals surface area contributed by atoms with E-state index < -0.39 is 6.09 Å². The molecule has 21 heavy (non-hydrogen) atoms. The minimum atomic E-state index is -0.590. The number of benzene rings is 2. The lowest BCUT2D eigenvalue weighted by atomic mass is 10.2. The number of hydrogen-bond donors (Lipinski definition) is 1. The van der Waals surface area contributed by atoms with Crippen molar-refractivity contribution < 1.29 is 14.4 Å². The van der Waals surface area contributed by atoms with E-state index in [2.05, 4.69) is 21.4 Å². The monoisotopic (exact) mass is 349 g/mol. The van der Waals surface area contributed by atoms with Crippen molar-refractivity contribution >= 4 is 22.0 Å². The number of rotatable bonds is 6. The number of nitrogens with one attached hydrogen (secondary N) is 1. The largest absolute Gasteiger partial charge is 0.443 e. The van der Waals surface area contributed by atoms with Gasteiger partial charge in [0.1, 0.15) is 6.61 Å². The van der Waals surface area contributed by atoms with Crippen LogP contribution < -0.4 is 5.48 Å². The maximum Gasteiger partial charge on any atom is 0.431 e. The summed E-state index contributed by atoms with van der Waals surface area (Å²) in [6.45, 7) is 0.610. The first kappa shape index (κ1) is 15.5. The highest BCUT2D eigenvalue weighted by Gasteiger charge is 2.02. The van der Waals surface area contributed by atoms with Gasteiger partial charge in [-0.1, -0.05) is 58.4 Å². The SMILES string of the molecule is O=C(NOCCc1cccc(Br)c1)OCc1ccccc1. The molecule has 110 valence electrons. The second-order valence-corrected chi connectivity index (χ2v) is 5.31. The fourth-order valence-electron chi connectivity index (χ4n) is 1.72. The first-order valence-corrected chi connectivity index (χ1v) is 7.36. The molecule has 0 saturated heterocycles. The number of amides is 1. The average Bonchev–Trinajstić information content (AvgIpc) is 2.51. The van der Waals surface area contributed by atoms with Crippen LogP contribution in [0.1, 0.15) is 11.1 Å². The molecule has 5 heteroatoms. The van der Waals surface area contributed by atoms with Crippen molar-refractivity contribution in [3.8, 4) is 0 Å². The number of carbonyl (C=O) groups is 1. The molecule has 0 aliphatic carbocycles. The van der Waals surface area contributed by atoms with Crippen LogP contribution >= 0.6 is 15.9 Å². The average molecular weight is 350 g/mol. The Hall–Kier alpha value is -1.85. The molecule has 4 nitrogen and oxygen atoms in total. The summed E-state index contributed by atoms with van der Waals surface area (Å²) >= 11 is 3.41. The van der Waals surface area contributed by atoms with Gasteiger partial charge in [-0.15, -0.1) is 0 Å². The molecule has 0 unspecified atom stereocenters. The maximum absolute atomic E-state index is 11.4. The normalized spacial score (nSPS) is 10.1. The molecular weight excluding hydrogens is 334 g/mol. The number of halogens is 1. The highest BCUT2D eigenvalue weighted by atomic mass is 79.9. The van der Waals surface area contributed by atoms with Crippen molar-refractivity contribution in [2.75, 3.05) is 6.61 Å². The molecule has 0 bridgehead atoms. The van der Waals surface area contributed by atoms with Gasteiger partial charge >= 0.3 is 6.09 Å². The van der Waals surface area contributed by atoms with Crippen molar-refractivity contribution in [1.82, 2.24) is 5.48 Å². The van der Waals surface area contributed by atoms with Crippen LogP contribution in [-0.2, 0) is 22.6 Å². The molecule has 0 heterocycles. The fraction of sp³-hybridized carbons (Fsp3) is 0.188. The molecule has 2 rings (SSSR count). The predicted molar refractivity (Wildman–Crippen MR) is 83.6 cm³/mol. The molecule has 0 radical (unpaired) electrons. The summed E-state index contributed by atoms with van der Waals surface area (Å²) in [7, 11) is 0. The zero-order valence-corrected chi connectivity index (χ0v) is 13.0. The van der Waals surface area contributed by atoms with E-state index >= 15 is 0 Å². The Balaban J connectivity index is 1.61. The third-order valence-corrected chi connectivity index (χ3v) is 3.24. The van der Waals surface area contributed by atoms with Crippen LogP contribution in [0.2, 0.25) is 0 Å². The summed E-state index contributed by atoms with van der Waals surface area (Å²) in [6, 6.07) is 17.4. The molecular formula is C16H16BrNO3. The van der Waals surface area contributed by atoms with E-state index in [0.29, 0.717) is 13.0 Å². The van der Waals surface area contributed by atoms with Gasteiger partial charge in [0, 0.05) is 4.47 Å². The summed E-state index contributed by atoms with van der Waals surface area (Å²) in [5, 5.41) is 0. The Labute approximate surface area is 132 Å². The first-order chi connectivity index (χ1) is 10.2. The third-order valence-electron chi connectivity index (χ3n) is 2.75. The van der Waals surface area contributed by atoms with Crippen molar-refractivity contribution in [2.45, 2.75) is 13.0 Å². The van der Waals surface area contributed by atoms with Gasteiger partial charge in [0.15, 0.2) is 0 Å². The van der Waals surface area contributed by atoms with E-state index in [1.54, 1.807) is 0 Å². The summed E-state index contributed by atoms with van der Waals surface area (Å²) in [5.41, 5.74) is 4.33. The van der Waals surface area contributed by atoms with E-state index in [-0.39, 0.29) is 6.61 Å². The lowest BCUT2D eigenvalue weighted by Crippen LogP contribution is -2.25. The Morgan fingerprint density at radius 1 is 1.05 bits per heavy atom. The van der Waals surface area contributed by atoms with Crippen LogP contribution in [0, 0.1) is 0 Å². The Morgan fingerprint density at radius 2 is 1.81 bits per heavy atom. The van der Waals surface area contributed by atoms with E-state index in [0.717, 1.165) is 15.6 Å². The molecule has 0 spiro atoms. The molecule has 2 aromatic carbocycles. The van der Waals surface area contributed by atoms with Crippen molar-refractivity contribution in [1.29, 1.82) is 0 Å². The van der Waals surface area contributed by atoms with Gasteiger partial charge in [0.2, 0.25) is 0 Å². The highest BCUT2D eigenvalue weighted by Crippen LogP contribution is 2.11. The van der Waals surface area contributed by atoms with Crippen molar-refractivity contribution in [3.05, 3.63) is 70.2 Å². The second kappa shape index (κ2) is 8.44. The molecule has 1 N–H and O–H groups in total. The van der Waals surface area contributed by atoms with Gasteiger partial charge < -0.3 is 4.74 Å². The van der Waals surface area contributed by atoms with Crippen molar-refractivity contribution in [3.63, 3.8) is 0 Å². The molecule has 0 aliphatic heterocycles. The van der Waals surface area contributed by atoms with Gasteiger partial charge in [-0.05, 0) is 29.7 Å². The zero-order chi connectivity index (χ0) is 14.9. The summed E-state index contributed by atoms with van der Waals surface area (Å²) in [6.07, 6.45) is 0.117. The Morgan fingerprint density at radius 3 is 2.57 bits per heavy atom. The summed E-state index contributed by atoms with van der Waals surface area (Å²) in [4.78, 5) is 16.5. The maximum atomic E-state index is 11.4. The van der Waals surface area contributed by atoms with Crippen LogP contribution in [0.25, 0.3) is 0 Å². The number of ether oxygens (including phenoxy) is 1. The minimum absolute atomic E-state index is 0.224. The van der Waals surface area contributed by atoms with Gasteiger partial charge in [0.25, 0.3) is 0 Å². The van der Waals surface area contributed by atoms with E-state index in [9.17, 15) is 4.79 Å². The Bertz CT molecular complexity index is 575. The highest BCUT2D eigenvalue weighted by molar-refractivity contribution is 9.10. The quantitative estimate of drug-likeness (QED) is 0.636. The predicted octanol–water partition coefficient (Wildman–Crippen LogP) is 3.85. The molecule has 2 aromatic rings. The van der Waals surface area contributed by atoms with Crippen molar-refractivity contribution in [2.24, 2.45) is 0 Å². The third kappa shape index (κ3) is 5.97. The fourth-order valence-corrected chi connectivity index (χ4v) is 2.17. The lowest BCUT2D eigenvalue weighted by molar-refractivity contribution is 0.0267. The number of carbonyl (C=O) groups excluding carboxylic acids is 1. The van der Waals surface area contributed by atoms with Gasteiger partial charge in [0.05, 0.1) is 6.61 Å². The smallest absolute Gasteiger partial charge is 0.431 e. The van der Waals surface area contributed by atoms with Crippen LogP contribution in [0.15, 0.2) is 59.1 Å². The molecule has 1 amide bonds. The van der Waals surface area contributed by atoms with Crippen LogP contribution in [-0.4, -0.2) is 12.7 Å². The van der Waals surface area contributed by atoms with Gasteiger partial charge in [-0.25, -0.2) is 4.79 Å². The van der Waals surface area contributed by atoms with E-state index in [4.69, 9.17) is 9.57 Å². The first-order valence-electron chi connectivity index (χ1n) is 6.57. The number of hydroxylamine groups is 1. The summed E-state index contributed by atoms with van der Waals surface area (Å²) in [5.74, 6) is 0. The van der Waals surface area contributed by atoms with Gasteiger partial charge in [-0.3, -0.25) is 4.84 Å². The molecule has 0 aliphatic rings. The molecule has 0 fully saturated rings. The van der Waals surface area contributed by atoms with Crippen LogP contribution in [0.5, 0.6) is 0 Å². The van der Waals surface area contributed by atoms with E-state index in [1.165, 1.54) is 0 Å². The molecule has 0 saturated carbocycles. The minimum Gasteiger partial charge on any atom is -0.443 e.